The van der Waals surface area contributed by atoms with E-state index in [1.165, 1.54) is 7.11 Å². The Morgan fingerprint density at radius 2 is 2.14 bits per heavy atom. The molecule has 2 rings (SSSR count). The molecule has 21 heavy (non-hydrogen) atoms. The minimum atomic E-state index is -0.527. The van der Waals surface area contributed by atoms with Crippen molar-refractivity contribution in [1.29, 1.82) is 0 Å². The smallest absolute Gasteiger partial charge is 0.360 e. The molecule has 0 amide bonds. The Hall–Kier alpha value is -2.22. The van der Waals surface area contributed by atoms with Crippen LogP contribution in [0.1, 0.15) is 41.8 Å². The number of aromatic nitrogens is 5. The number of carbonyl (C=O) groups excluding carboxylic acids is 1. The molecule has 2 aromatic rings. The van der Waals surface area contributed by atoms with Crippen LogP contribution in [0.2, 0.25) is 0 Å². The molecule has 0 N–H and O–H groups in total. The Balaban J connectivity index is 2.26. The van der Waals surface area contributed by atoms with Gasteiger partial charge >= 0.3 is 5.97 Å². The Bertz CT molecular complexity index is 617. The van der Waals surface area contributed by atoms with Gasteiger partial charge in [0.15, 0.2) is 5.69 Å². The van der Waals surface area contributed by atoms with Crippen molar-refractivity contribution < 1.29 is 14.3 Å². The van der Waals surface area contributed by atoms with Gasteiger partial charge in [0.1, 0.15) is 0 Å². The van der Waals surface area contributed by atoms with Gasteiger partial charge in [0.2, 0.25) is 0 Å². The summed E-state index contributed by atoms with van der Waals surface area (Å²) < 4.78 is 13.3. The van der Waals surface area contributed by atoms with Crippen LogP contribution in [0.15, 0.2) is 12.3 Å². The average molecular weight is 293 g/mol. The quantitative estimate of drug-likeness (QED) is 0.740. The third kappa shape index (κ3) is 3.27. The normalized spacial score (nSPS) is 11.1. The third-order valence-electron chi connectivity index (χ3n) is 3.00. The van der Waals surface area contributed by atoms with Crippen LogP contribution in [0.5, 0.6) is 0 Å². The Morgan fingerprint density at radius 1 is 1.38 bits per heavy atom. The molecule has 8 heteroatoms. The molecule has 0 fully saturated rings. The first-order chi connectivity index (χ1) is 10.1. The van der Waals surface area contributed by atoms with Crippen LogP contribution in [0.25, 0.3) is 0 Å². The molecule has 0 aromatic carbocycles. The molecule has 8 nitrogen and oxygen atoms in total. The van der Waals surface area contributed by atoms with E-state index < -0.39 is 5.97 Å². The number of carbonyl (C=O) groups is 1. The molecule has 0 saturated carbocycles. The molecule has 0 aliphatic heterocycles. The fourth-order valence-electron chi connectivity index (χ4n) is 1.90. The van der Waals surface area contributed by atoms with Crippen LogP contribution in [0, 0.1) is 0 Å². The fourth-order valence-corrected chi connectivity index (χ4v) is 1.90. The summed E-state index contributed by atoms with van der Waals surface area (Å²) in [6.07, 6.45) is 1.91. The molecule has 0 saturated heterocycles. The molecular formula is C13H19N5O3. The number of methoxy groups -OCH3 is 2. The van der Waals surface area contributed by atoms with Crippen molar-refractivity contribution >= 4 is 5.97 Å². The van der Waals surface area contributed by atoms with Crippen LogP contribution in [0.3, 0.4) is 0 Å². The lowest BCUT2D eigenvalue weighted by Gasteiger charge is -2.06. The average Bonchev–Trinajstić information content (AvgIpc) is 3.07. The largest absolute Gasteiger partial charge is 0.464 e. The molecular weight excluding hydrogens is 274 g/mol. The van der Waals surface area contributed by atoms with Crippen LogP contribution in [0.4, 0.5) is 0 Å². The lowest BCUT2D eigenvalue weighted by atomic mass is 10.3. The molecule has 0 bridgehead atoms. The summed E-state index contributed by atoms with van der Waals surface area (Å²) in [5.74, 6) is -0.527. The number of esters is 1. The lowest BCUT2D eigenvalue weighted by Crippen LogP contribution is -2.12. The zero-order valence-electron chi connectivity index (χ0n) is 12.6. The van der Waals surface area contributed by atoms with Crippen molar-refractivity contribution in [3.63, 3.8) is 0 Å². The maximum Gasteiger partial charge on any atom is 0.360 e. The summed E-state index contributed by atoms with van der Waals surface area (Å²) in [7, 11) is 2.86. The number of ether oxygens (including phenoxy) is 2. The zero-order valence-corrected chi connectivity index (χ0v) is 12.6. The second kappa shape index (κ2) is 6.49. The zero-order chi connectivity index (χ0) is 15.4. The summed E-state index contributed by atoms with van der Waals surface area (Å²) in [5.41, 5.74) is 1.58. The van der Waals surface area contributed by atoms with Gasteiger partial charge in [0.05, 0.1) is 31.6 Å². The van der Waals surface area contributed by atoms with Gasteiger partial charge in [-0.2, -0.15) is 5.10 Å². The van der Waals surface area contributed by atoms with Crippen molar-refractivity contribution in [2.45, 2.75) is 33.0 Å². The standard InChI is InChI=1S/C13H19N5O3/c1-9(2)17-6-5-10(15-17)7-18-11(8-20-3)12(14-16-18)13(19)21-4/h5-6,9H,7-8H2,1-4H3. The van der Waals surface area contributed by atoms with E-state index in [1.54, 1.807) is 11.8 Å². The van der Waals surface area contributed by atoms with Gasteiger partial charge in [-0.25, -0.2) is 9.48 Å². The van der Waals surface area contributed by atoms with E-state index in [0.717, 1.165) is 5.69 Å². The molecule has 114 valence electrons. The van der Waals surface area contributed by atoms with E-state index in [1.807, 2.05) is 16.9 Å². The molecule has 2 aromatic heterocycles. The summed E-state index contributed by atoms with van der Waals surface area (Å²) in [6.45, 7) is 4.75. The van der Waals surface area contributed by atoms with Crippen LogP contribution in [-0.4, -0.2) is 45.0 Å². The second-order valence-electron chi connectivity index (χ2n) is 4.85. The van der Waals surface area contributed by atoms with Crippen molar-refractivity contribution in [3.05, 3.63) is 29.3 Å². The molecule has 0 atom stereocenters. The highest BCUT2D eigenvalue weighted by Gasteiger charge is 2.20. The Morgan fingerprint density at radius 3 is 2.71 bits per heavy atom. The number of hydrogen-bond acceptors (Lipinski definition) is 6. The minimum Gasteiger partial charge on any atom is -0.464 e. The molecule has 0 radical (unpaired) electrons. The number of hydrogen-bond donors (Lipinski definition) is 0. The van der Waals surface area contributed by atoms with E-state index in [0.29, 0.717) is 18.3 Å². The van der Waals surface area contributed by atoms with Gasteiger partial charge in [-0.3, -0.25) is 4.68 Å². The van der Waals surface area contributed by atoms with Gasteiger partial charge in [0.25, 0.3) is 0 Å². The maximum atomic E-state index is 11.7. The van der Waals surface area contributed by atoms with E-state index in [9.17, 15) is 4.79 Å². The van der Waals surface area contributed by atoms with Gasteiger partial charge in [0, 0.05) is 19.3 Å². The van der Waals surface area contributed by atoms with Gasteiger partial charge in [-0.15, -0.1) is 5.10 Å². The van der Waals surface area contributed by atoms with Gasteiger partial charge in [-0.1, -0.05) is 5.21 Å². The SMILES string of the molecule is COCc1c(C(=O)OC)nnn1Cc1ccn(C(C)C)n1. The predicted octanol–water partition coefficient (Wildman–Crippen LogP) is 1.04. The lowest BCUT2D eigenvalue weighted by molar-refractivity contribution is 0.0588. The molecule has 0 aliphatic rings. The molecule has 2 heterocycles. The first-order valence-corrected chi connectivity index (χ1v) is 6.60. The minimum absolute atomic E-state index is 0.169. The maximum absolute atomic E-state index is 11.7. The molecule has 0 unspecified atom stereocenters. The summed E-state index contributed by atoms with van der Waals surface area (Å²) >= 11 is 0. The van der Waals surface area contributed by atoms with E-state index in [4.69, 9.17) is 9.47 Å². The monoisotopic (exact) mass is 293 g/mol. The number of nitrogens with zero attached hydrogens (tertiary/aromatic N) is 5. The van der Waals surface area contributed by atoms with Crippen molar-refractivity contribution in [1.82, 2.24) is 24.8 Å². The first kappa shape index (κ1) is 15.2. The summed E-state index contributed by atoms with van der Waals surface area (Å²) in [5, 5.41) is 12.3. The van der Waals surface area contributed by atoms with Gasteiger partial charge in [-0.05, 0) is 19.9 Å². The Kier molecular flexibility index (Phi) is 4.69. The fraction of sp³-hybridized carbons (Fsp3) is 0.538. The van der Waals surface area contributed by atoms with Crippen LogP contribution < -0.4 is 0 Å². The second-order valence-corrected chi connectivity index (χ2v) is 4.85. The van der Waals surface area contributed by atoms with Gasteiger partial charge < -0.3 is 9.47 Å². The van der Waals surface area contributed by atoms with E-state index in [-0.39, 0.29) is 12.3 Å². The van der Waals surface area contributed by atoms with Crippen molar-refractivity contribution in [3.8, 4) is 0 Å². The summed E-state index contributed by atoms with van der Waals surface area (Å²) in [4.78, 5) is 11.7. The first-order valence-electron chi connectivity index (χ1n) is 6.60. The van der Waals surface area contributed by atoms with Crippen LogP contribution in [-0.2, 0) is 22.6 Å². The topological polar surface area (TPSA) is 84.1 Å². The molecule has 0 spiro atoms. The third-order valence-corrected chi connectivity index (χ3v) is 3.00. The highest BCUT2D eigenvalue weighted by Crippen LogP contribution is 2.11. The highest BCUT2D eigenvalue weighted by atomic mass is 16.5. The van der Waals surface area contributed by atoms with E-state index in [2.05, 4.69) is 29.3 Å². The predicted molar refractivity (Wildman–Crippen MR) is 73.8 cm³/mol. The Labute approximate surface area is 122 Å². The highest BCUT2D eigenvalue weighted by molar-refractivity contribution is 5.88. The van der Waals surface area contributed by atoms with E-state index >= 15 is 0 Å². The summed E-state index contributed by atoms with van der Waals surface area (Å²) in [6, 6.07) is 2.20. The van der Waals surface area contributed by atoms with Crippen molar-refractivity contribution in [2.24, 2.45) is 0 Å². The molecule has 0 aliphatic carbocycles. The van der Waals surface area contributed by atoms with Crippen LogP contribution >= 0.6 is 0 Å². The number of rotatable bonds is 6. The van der Waals surface area contributed by atoms with Crippen molar-refractivity contribution in [2.75, 3.05) is 14.2 Å².